The predicted octanol–water partition coefficient (Wildman–Crippen LogP) is 3.08. The van der Waals surface area contributed by atoms with Crippen molar-refractivity contribution in [1.82, 2.24) is 0 Å². The Hall–Kier alpha value is 0. The summed E-state index contributed by atoms with van der Waals surface area (Å²) < 4.78 is 0. The van der Waals surface area contributed by atoms with E-state index in [1.807, 2.05) is 0 Å². The minimum Gasteiger partial charge on any atom is -0.0622 e. The van der Waals surface area contributed by atoms with Crippen molar-refractivity contribution in [1.29, 1.82) is 0 Å². The van der Waals surface area contributed by atoms with E-state index >= 15 is 0 Å². The average molecular weight is 138 g/mol. The van der Waals surface area contributed by atoms with E-state index in [0.29, 0.717) is 0 Å². The highest BCUT2D eigenvalue weighted by Crippen LogP contribution is 2.62. The van der Waals surface area contributed by atoms with Gasteiger partial charge in [-0.1, -0.05) is 20.8 Å². The van der Waals surface area contributed by atoms with Crippen LogP contribution in [0.3, 0.4) is 0 Å². The number of rotatable bonds is 0. The lowest BCUT2D eigenvalue weighted by atomic mass is 9.59. The van der Waals surface area contributed by atoms with Gasteiger partial charge >= 0.3 is 0 Å². The van der Waals surface area contributed by atoms with Gasteiger partial charge in [-0.2, -0.15) is 0 Å². The molecule has 0 heterocycles. The van der Waals surface area contributed by atoms with E-state index in [-0.39, 0.29) is 0 Å². The van der Waals surface area contributed by atoms with Crippen LogP contribution in [0.2, 0.25) is 0 Å². The summed E-state index contributed by atoms with van der Waals surface area (Å²) in [4.78, 5) is 0. The molecular weight excluding hydrogens is 120 g/mol. The van der Waals surface area contributed by atoms with Crippen LogP contribution in [-0.2, 0) is 0 Å². The standard InChI is InChI=1S/C10H18/c1-7-6-8(2)10(3)5-4-9(7)10/h7-9H,4-6H2,1-3H3. The van der Waals surface area contributed by atoms with Gasteiger partial charge in [0, 0.05) is 0 Å². The van der Waals surface area contributed by atoms with Crippen molar-refractivity contribution in [3.8, 4) is 0 Å². The molecule has 0 saturated heterocycles. The van der Waals surface area contributed by atoms with Gasteiger partial charge in [-0.05, 0) is 42.4 Å². The summed E-state index contributed by atoms with van der Waals surface area (Å²) in [5, 5.41) is 0. The normalized spacial score (nSPS) is 59.7. The molecule has 10 heavy (non-hydrogen) atoms. The second-order valence-electron chi connectivity index (χ2n) is 4.77. The zero-order chi connectivity index (χ0) is 7.35. The Balaban J connectivity index is 2.20. The quantitative estimate of drug-likeness (QED) is 0.482. The largest absolute Gasteiger partial charge is 0.0622 e. The zero-order valence-electron chi connectivity index (χ0n) is 7.35. The Kier molecular flexibility index (Phi) is 1.19. The van der Waals surface area contributed by atoms with Gasteiger partial charge in [0.15, 0.2) is 0 Å². The van der Waals surface area contributed by atoms with Crippen molar-refractivity contribution in [3.05, 3.63) is 0 Å². The van der Waals surface area contributed by atoms with Crippen LogP contribution >= 0.6 is 0 Å². The van der Waals surface area contributed by atoms with Gasteiger partial charge in [-0.3, -0.25) is 0 Å². The number of hydrogen-bond acceptors (Lipinski definition) is 0. The van der Waals surface area contributed by atoms with Crippen LogP contribution in [0.25, 0.3) is 0 Å². The fraction of sp³-hybridized carbons (Fsp3) is 1.00. The number of hydrogen-bond donors (Lipinski definition) is 0. The van der Waals surface area contributed by atoms with E-state index in [1.165, 1.54) is 19.3 Å². The average Bonchev–Trinajstić information content (AvgIpc) is 1.92. The Bertz CT molecular complexity index is 150. The first kappa shape index (κ1) is 6.69. The van der Waals surface area contributed by atoms with E-state index in [9.17, 15) is 0 Å². The van der Waals surface area contributed by atoms with E-state index in [2.05, 4.69) is 20.8 Å². The maximum atomic E-state index is 2.50. The lowest BCUT2D eigenvalue weighted by Crippen LogP contribution is -2.38. The molecule has 0 bridgehead atoms. The molecule has 2 rings (SSSR count). The first-order valence-corrected chi connectivity index (χ1v) is 4.64. The highest BCUT2D eigenvalue weighted by molar-refractivity contribution is 5.03. The van der Waals surface area contributed by atoms with Crippen LogP contribution in [-0.4, -0.2) is 0 Å². The Morgan fingerprint density at radius 1 is 1.30 bits per heavy atom. The molecule has 0 aliphatic heterocycles. The molecule has 4 atom stereocenters. The van der Waals surface area contributed by atoms with E-state index in [1.54, 1.807) is 0 Å². The van der Waals surface area contributed by atoms with Crippen LogP contribution in [0.15, 0.2) is 0 Å². The van der Waals surface area contributed by atoms with Crippen molar-refractivity contribution in [2.45, 2.75) is 40.0 Å². The second kappa shape index (κ2) is 1.78. The first-order chi connectivity index (χ1) is 4.64. The monoisotopic (exact) mass is 138 g/mol. The molecule has 0 radical (unpaired) electrons. The number of fused-ring (bicyclic) bond motifs is 1. The molecule has 2 aliphatic rings. The van der Waals surface area contributed by atoms with E-state index in [4.69, 9.17) is 0 Å². The zero-order valence-corrected chi connectivity index (χ0v) is 7.35. The van der Waals surface area contributed by atoms with Gasteiger partial charge in [0.25, 0.3) is 0 Å². The molecular formula is C10H18. The fourth-order valence-corrected chi connectivity index (χ4v) is 3.30. The topological polar surface area (TPSA) is 0 Å². The summed E-state index contributed by atoms with van der Waals surface area (Å²) in [6.07, 6.45) is 4.51. The Morgan fingerprint density at radius 3 is 2.20 bits per heavy atom. The molecule has 2 fully saturated rings. The Labute approximate surface area is 64.0 Å². The van der Waals surface area contributed by atoms with Crippen molar-refractivity contribution in [2.24, 2.45) is 23.2 Å². The first-order valence-electron chi connectivity index (χ1n) is 4.64. The van der Waals surface area contributed by atoms with Crippen molar-refractivity contribution in [2.75, 3.05) is 0 Å². The summed E-state index contributed by atoms with van der Waals surface area (Å²) in [5.41, 5.74) is 0.763. The molecule has 0 amide bonds. The molecule has 0 N–H and O–H groups in total. The van der Waals surface area contributed by atoms with Gasteiger partial charge in [0.05, 0.1) is 0 Å². The molecule has 2 aliphatic carbocycles. The molecule has 0 aromatic heterocycles. The summed E-state index contributed by atoms with van der Waals surface area (Å²) in [6, 6.07) is 0. The maximum Gasteiger partial charge on any atom is -0.0269 e. The fourth-order valence-electron chi connectivity index (χ4n) is 3.30. The molecule has 58 valence electrons. The Morgan fingerprint density at radius 2 is 2.00 bits per heavy atom. The summed E-state index contributed by atoms with van der Waals surface area (Å²) in [6.45, 7) is 7.37. The van der Waals surface area contributed by atoms with E-state index in [0.717, 1.165) is 23.2 Å². The third-order valence-electron chi connectivity index (χ3n) is 4.38. The molecule has 0 spiro atoms. The second-order valence-corrected chi connectivity index (χ2v) is 4.77. The van der Waals surface area contributed by atoms with Gasteiger partial charge in [-0.15, -0.1) is 0 Å². The van der Waals surface area contributed by atoms with Crippen LogP contribution in [0.4, 0.5) is 0 Å². The SMILES string of the molecule is CC1CC(C)C2(C)CCC12. The highest BCUT2D eigenvalue weighted by Gasteiger charge is 2.53. The molecule has 0 aromatic rings. The summed E-state index contributed by atoms with van der Waals surface area (Å²) in [7, 11) is 0. The summed E-state index contributed by atoms with van der Waals surface area (Å²) in [5.74, 6) is 3.11. The van der Waals surface area contributed by atoms with Crippen molar-refractivity contribution in [3.63, 3.8) is 0 Å². The minimum atomic E-state index is 0.763. The van der Waals surface area contributed by atoms with E-state index < -0.39 is 0 Å². The lowest BCUT2D eigenvalue weighted by molar-refractivity contribution is 0.0325. The van der Waals surface area contributed by atoms with Gasteiger partial charge in [0.1, 0.15) is 0 Å². The van der Waals surface area contributed by atoms with Gasteiger partial charge in [-0.25, -0.2) is 0 Å². The lowest BCUT2D eigenvalue weighted by Gasteiger charge is -2.46. The third kappa shape index (κ3) is 0.580. The third-order valence-corrected chi connectivity index (χ3v) is 4.38. The highest BCUT2D eigenvalue weighted by atomic mass is 14.6. The minimum absolute atomic E-state index is 0.763. The van der Waals surface area contributed by atoms with Crippen LogP contribution in [0, 0.1) is 23.2 Å². The molecule has 0 heteroatoms. The van der Waals surface area contributed by atoms with Crippen LogP contribution in [0.1, 0.15) is 40.0 Å². The van der Waals surface area contributed by atoms with Gasteiger partial charge in [0.2, 0.25) is 0 Å². The molecule has 0 aromatic carbocycles. The van der Waals surface area contributed by atoms with Gasteiger partial charge < -0.3 is 0 Å². The van der Waals surface area contributed by atoms with Crippen molar-refractivity contribution >= 4 is 0 Å². The molecule has 0 nitrogen and oxygen atoms in total. The van der Waals surface area contributed by atoms with Crippen LogP contribution < -0.4 is 0 Å². The predicted molar refractivity (Wildman–Crippen MR) is 43.8 cm³/mol. The van der Waals surface area contributed by atoms with Crippen LogP contribution in [0.5, 0.6) is 0 Å². The summed E-state index contributed by atoms with van der Waals surface area (Å²) >= 11 is 0. The molecule has 2 saturated carbocycles. The maximum absolute atomic E-state index is 2.50. The smallest absolute Gasteiger partial charge is 0.0269 e. The van der Waals surface area contributed by atoms with Crippen molar-refractivity contribution < 1.29 is 0 Å². The molecule has 4 unspecified atom stereocenters.